The number of nitrogens with zero attached hydrogens (tertiary/aromatic N) is 3. The van der Waals surface area contributed by atoms with E-state index in [4.69, 9.17) is 5.73 Å². The first-order chi connectivity index (χ1) is 8.65. The first-order valence-electron chi connectivity index (χ1n) is 5.93. The number of carbonyl (C=O) groups is 2. The molecule has 1 aromatic rings. The average molecular weight is 266 g/mol. The standard InChI is InChI=1S/C11H14N4O2S/c12-11-13-4-7(18-11)5-14-6-9(16)15-3-1-2-8(15)10(14)17/h4,8H,1-3,5-6H2,(H2,12,13). The van der Waals surface area contributed by atoms with Gasteiger partial charge in [-0.25, -0.2) is 4.98 Å². The highest BCUT2D eigenvalue weighted by atomic mass is 32.1. The zero-order valence-corrected chi connectivity index (χ0v) is 10.7. The second-order valence-electron chi connectivity index (χ2n) is 4.60. The Bertz CT molecular complexity index is 501. The van der Waals surface area contributed by atoms with E-state index in [0.717, 1.165) is 24.3 Å². The van der Waals surface area contributed by atoms with Crippen LogP contribution in [0.4, 0.5) is 5.13 Å². The molecule has 0 bridgehead atoms. The van der Waals surface area contributed by atoms with Crippen molar-refractivity contribution in [2.45, 2.75) is 25.4 Å². The van der Waals surface area contributed by atoms with Crippen LogP contribution >= 0.6 is 11.3 Å². The number of hydrogen-bond donors (Lipinski definition) is 1. The zero-order valence-electron chi connectivity index (χ0n) is 9.83. The molecule has 1 atom stereocenters. The van der Waals surface area contributed by atoms with E-state index < -0.39 is 0 Å². The lowest BCUT2D eigenvalue weighted by atomic mass is 10.1. The Kier molecular flexibility index (Phi) is 2.70. The lowest BCUT2D eigenvalue weighted by Gasteiger charge is -2.36. The average Bonchev–Trinajstić information content (AvgIpc) is 2.95. The van der Waals surface area contributed by atoms with Gasteiger partial charge in [0, 0.05) is 17.6 Å². The third-order valence-corrected chi connectivity index (χ3v) is 4.23. The lowest BCUT2D eigenvalue weighted by molar-refractivity contribution is -0.154. The summed E-state index contributed by atoms with van der Waals surface area (Å²) in [6.07, 6.45) is 3.37. The number of nitrogen functional groups attached to an aromatic ring is 1. The molecule has 1 unspecified atom stereocenters. The molecular weight excluding hydrogens is 252 g/mol. The molecule has 18 heavy (non-hydrogen) atoms. The number of anilines is 1. The molecule has 3 rings (SSSR count). The van der Waals surface area contributed by atoms with E-state index in [9.17, 15) is 9.59 Å². The summed E-state index contributed by atoms with van der Waals surface area (Å²) in [5, 5.41) is 0.489. The summed E-state index contributed by atoms with van der Waals surface area (Å²) in [6.45, 7) is 1.33. The van der Waals surface area contributed by atoms with Gasteiger partial charge in [-0.05, 0) is 12.8 Å². The number of piperazine rings is 1. The summed E-state index contributed by atoms with van der Waals surface area (Å²) in [7, 11) is 0. The van der Waals surface area contributed by atoms with Gasteiger partial charge in [-0.1, -0.05) is 0 Å². The molecule has 0 radical (unpaired) electrons. The van der Waals surface area contributed by atoms with E-state index in [2.05, 4.69) is 4.98 Å². The Labute approximate surface area is 108 Å². The molecular formula is C11H14N4O2S. The van der Waals surface area contributed by atoms with Gasteiger partial charge in [0.05, 0.1) is 6.54 Å². The Hall–Kier alpha value is -1.63. The van der Waals surface area contributed by atoms with E-state index in [1.165, 1.54) is 11.3 Å². The Morgan fingerprint density at radius 2 is 2.33 bits per heavy atom. The maximum atomic E-state index is 12.2. The summed E-state index contributed by atoms with van der Waals surface area (Å²) in [4.78, 5) is 32.4. The van der Waals surface area contributed by atoms with Crippen LogP contribution in [0.2, 0.25) is 0 Å². The molecule has 2 fully saturated rings. The van der Waals surface area contributed by atoms with Crippen molar-refractivity contribution < 1.29 is 9.59 Å². The number of amides is 2. The molecule has 2 saturated heterocycles. The van der Waals surface area contributed by atoms with Gasteiger partial charge in [0.2, 0.25) is 11.8 Å². The number of nitrogens with two attached hydrogens (primary N) is 1. The van der Waals surface area contributed by atoms with Gasteiger partial charge in [0.1, 0.15) is 12.6 Å². The largest absolute Gasteiger partial charge is 0.375 e. The van der Waals surface area contributed by atoms with Crippen molar-refractivity contribution in [3.8, 4) is 0 Å². The molecule has 3 heterocycles. The molecule has 0 saturated carbocycles. The van der Waals surface area contributed by atoms with Crippen LogP contribution in [0.1, 0.15) is 17.7 Å². The number of fused-ring (bicyclic) bond motifs is 1. The number of hydrogen-bond acceptors (Lipinski definition) is 5. The summed E-state index contributed by atoms with van der Waals surface area (Å²) < 4.78 is 0. The predicted octanol–water partition coefficient (Wildman–Crippen LogP) is 0.0585. The summed E-state index contributed by atoms with van der Waals surface area (Å²) in [6, 6.07) is -0.239. The highest BCUT2D eigenvalue weighted by Crippen LogP contribution is 2.25. The van der Waals surface area contributed by atoms with Crippen LogP contribution in [0.3, 0.4) is 0 Å². The number of rotatable bonds is 2. The van der Waals surface area contributed by atoms with Gasteiger partial charge in [-0.15, -0.1) is 11.3 Å². The second-order valence-corrected chi connectivity index (χ2v) is 5.75. The zero-order chi connectivity index (χ0) is 12.7. The molecule has 0 aliphatic carbocycles. The van der Waals surface area contributed by atoms with Crippen molar-refractivity contribution in [3.63, 3.8) is 0 Å². The number of thiazole rings is 1. The van der Waals surface area contributed by atoms with Gasteiger partial charge in [-0.2, -0.15) is 0 Å². The van der Waals surface area contributed by atoms with Crippen molar-refractivity contribution in [1.29, 1.82) is 0 Å². The van der Waals surface area contributed by atoms with Gasteiger partial charge in [-0.3, -0.25) is 9.59 Å². The fourth-order valence-corrected chi connectivity index (χ4v) is 3.28. The van der Waals surface area contributed by atoms with Crippen molar-refractivity contribution in [1.82, 2.24) is 14.8 Å². The third kappa shape index (κ3) is 1.84. The molecule has 6 nitrogen and oxygen atoms in total. The monoisotopic (exact) mass is 266 g/mol. The van der Waals surface area contributed by atoms with Gasteiger partial charge in [0.15, 0.2) is 5.13 Å². The maximum absolute atomic E-state index is 12.2. The molecule has 0 aromatic carbocycles. The molecule has 96 valence electrons. The smallest absolute Gasteiger partial charge is 0.246 e. The minimum Gasteiger partial charge on any atom is -0.375 e. The minimum absolute atomic E-state index is 0.0505. The normalized spacial score (nSPS) is 23.7. The molecule has 2 amide bonds. The fourth-order valence-electron chi connectivity index (χ4n) is 2.58. The van der Waals surface area contributed by atoms with E-state index in [1.807, 2.05) is 0 Å². The molecule has 7 heteroatoms. The predicted molar refractivity (Wildman–Crippen MR) is 66.7 cm³/mol. The van der Waals surface area contributed by atoms with Crippen molar-refractivity contribution >= 4 is 28.3 Å². The number of aromatic nitrogens is 1. The Morgan fingerprint density at radius 3 is 3.06 bits per heavy atom. The van der Waals surface area contributed by atoms with Crippen LogP contribution in [-0.4, -0.2) is 45.7 Å². The summed E-state index contributed by atoms with van der Waals surface area (Å²) in [5.41, 5.74) is 5.56. The Morgan fingerprint density at radius 1 is 1.50 bits per heavy atom. The molecule has 2 aliphatic heterocycles. The summed E-state index contributed by atoms with van der Waals surface area (Å²) in [5.74, 6) is 0.105. The van der Waals surface area contributed by atoms with Crippen molar-refractivity contribution in [2.24, 2.45) is 0 Å². The highest BCUT2D eigenvalue weighted by molar-refractivity contribution is 7.15. The third-order valence-electron chi connectivity index (χ3n) is 3.41. The van der Waals surface area contributed by atoms with Crippen LogP contribution in [0.15, 0.2) is 6.20 Å². The van der Waals surface area contributed by atoms with Crippen LogP contribution in [-0.2, 0) is 16.1 Å². The molecule has 2 N–H and O–H groups in total. The SMILES string of the molecule is Nc1ncc(CN2CC(=O)N3CCCC3C2=O)s1. The number of carbonyl (C=O) groups excluding carboxylic acids is 2. The highest BCUT2D eigenvalue weighted by Gasteiger charge is 2.41. The van der Waals surface area contributed by atoms with Crippen molar-refractivity contribution in [3.05, 3.63) is 11.1 Å². The molecule has 0 spiro atoms. The first-order valence-corrected chi connectivity index (χ1v) is 6.75. The maximum Gasteiger partial charge on any atom is 0.246 e. The van der Waals surface area contributed by atoms with Crippen LogP contribution in [0.25, 0.3) is 0 Å². The van der Waals surface area contributed by atoms with Crippen LogP contribution < -0.4 is 5.73 Å². The topological polar surface area (TPSA) is 79.5 Å². The van der Waals surface area contributed by atoms with Gasteiger partial charge in [0.25, 0.3) is 0 Å². The molecule has 1 aromatic heterocycles. The van der Waals surface area contributed by atoms with Gasteiger partial charge < -0.3 is 15.5 Å². The lowest BCUT2D eigenvalue weighted by Crippen LogP contribution is -2.56. The first kappa shape index (κ1) is 11.5. The van der Waals surface area contributed by atoms with Gasteiger partial charge >= 0.3 is 0 Å². The van der Waals surface area contributed by atoms with E-state index in [0.29, 0.717) is 11.7 Å². The van der Waals surface area contributed by atoms with E-state index in [-0.39, 0.29) is 24.4 Å². The Balaban J connectivity index is 1.76. The van der Waals surface area contributed by atoms with E-state index >= 15 is 0 Å². The summed E-state index contributed by atoms with van der Waals surface area (Å²) >= 11 is 1.36. The van der Waals surface area contributed by atoms with Crippen LogP contribution in [0.5, 0.6) is 0 Å². The van der Waals surface area contributed by atoms with Crippen LogP contribution in [0, 0.1) is 0 Å². The van der Waals surface area contributed by atoms with Crippen molar-refractivity contribution in [2.75, 3.05) is 18.8 Å². The quantitative estimate of drug-likeness (QED) is 0.821. The fraction of sp³-hybridized carbons (Fsp3) is 0.545. The van der Waals surface area contributed by atoms with E-state index in [1.54, 1.807) is 16.0 Å². The molecule has 2 aliphatic rings. The minimum atomic E-state index is -0.239. The second kappa shape index (κ2) is 4.24.